The number of benzene rings is 1. The summed E-state index contributed by atoms with van der Waals surface area (Å²) < 4.78 is 10.7. The molecule has 5 nitrogen and oxygen atoms in total. The summed E-state index contributed by atoms with van der Waals surface area (Å²) >= 11 is 0. The van der Waals surface area contributed by atoms with Crippen LogP contribution in [0.3, 0.4) is 0 Å². The van der Waals surface area contributed by atoms with Crippen molar-refractivity contribution in [2.45, 2.75) is 6.92 Å². The third-order valence-corrected chi connectivity index (χ3v) is 2.20. The highest BCUT2D eigenvalue weighted by atomic mass is 16.5. The van der Waals surface area contributed by atoms with Crippen molar-refractivity contribution < 1.29 is 9.47 Å². The average Bonchev–Trinajstić information content (AvgIpc) is 2.32. The number of ether oxygens (including phenoxy) is 2. The van der Waals surface area contributed by atoms with E-state index in [4.69, 9.17) is 15.2 Å². The van der Waals surface area contributed by atoms with Gasteiger partial charge in [-0.1, -0.05) is 0 Å². The first-order valence-electron chi connectivity index (χ1n) is 5.10. The van der Waals surface area contributed by atoms with Gasteiger partial charge in [0.15, 0.2) is 5.75 Å². The van der Waals surface area contributed by atoms with E-state index in [1.54, 1.807) is 37.6 Å². The average molecular weight is 231 g/mol. The topological polar surface area (TPSA) is 70.3 Å². The van der Waals surface area contributed by atoms with Crippen molar-refractivity contribution in [2.75, 3.05) is 12.8 Å². The van der Waals surface area contributed by atoms with Crippen LogP contribution in [-0.4, -0.2) is 17.3 Å². The fraction of sp³-hybridized carbons (Fsp3) is 0.167. The quantitative estimate of drug-likeness (QED) is 0.820. The maximum Gasteiger partial charge on any atom is 0.239 e. The predicted molar refractivity (Wildman–Crippen MR) is 64.2 cm³/mol. The third-order valence-electron chi connectivity index (χ3n) is 2.20. The Bertz CT molecular complexity index is 529. The van der Waals surface area contributed by atoms with Gasteiger partial charge in [0.05, 0.1) is 19.0 Å². The van der Waals surface area contributed by atoms with Crippen molar-refractivity contribution in [1.82, 2.24) is 10.2 Å². The second-order valence-electron chi connectivity index (χ2n) is 3.58. The first-order chi connectivity index (χ1) is 8.19. The Morgan fingerprint density at radius 3 is 2.76 bits per heavy atom. The van der Waals surface area contributed by atoms with Gasteiger partial charge in [0.2, 0.25) is 5.88 Å². The molecule has 0 atom stereocenters. The van der Waals surface area contributed by atoms with Crippen LogP contribution in [0.4, 0.5) is 5.69 Å². The van der Waals surface area contributed by atoms with E-state index in [0.717, 1.165) is 5.56 Å². The van der Waals surface area contributed by atoms with Crippen molar-refractivity contribution in [1.29, 1.82) is 0 Å². The van der Waals surface area contributed by atoms with Gasteiger partial charge >= 0.3 is 0 Å². The molecule has 1 heterocycles. The Hall–Kier alpha value is -2.30. The molecule has 0 fully saturated rings. The molecule has 0 unspecified atom stereocenters. The monoisotopic (exact) mass is 231 g/mol. The lowest BCUT2D eigenvalue weighted by atomic mass is 10.3. The number of anilines is 1. The van der Waals surface area contributed by atoms with Gasteiger partial charge in [0, 0.05) is 12.1 Å². The molecule has 0 saturated carbocycles. The van der Waals surface area contributed by atoms with Gasteiger partial charge in [-0.3, -0.25) is 0 Å². The number of aromatic nitrogens is 2. The minimum atomic E-state index is 0.407. The van der Waals surface area contributed by atoms with E-state index >= 15 is 0 Å². The maximum atomic E-state index is 5.80. The third kappa shape index (κ3) is 2.63. The summed E-state index contributed by atoms with van der Waals surface area (Å²) in [7, 11) is 1.59. The van der Waals surface area contributed by atoms with Crippen LogP contribution in [0.1, 0.15) is 5.56 Å². The molecule has 1 aromatic carbocycles. The van der Waals surface area contributed by atoms with E-state index in [9.17, 15) is 0 Å². The Morgan fingerprint density at radius 1 is 1.24 bits per heavy atom. The first kappa shape index (κ1) is 11.2. The summed E-state index contributed by atoms with van der Waals surface area (Å²) in [4.78, 5) is 0. The summed E-state index contributed by atoms with van der Waals surface area (Å²) in [5.41, 5.74) is 7.29. The van der Waals surface area contributed by atoms with Gasteiger partial charge in [-0.05, 0) is 24.6 Å². The molecule has 0 bridgehead atoms. The Labute approximate surface area is 99.2 Å². The normalized spacial score (nSPS) is 10.0. The van der Waals surface area contributed by atoms with Gasteiger partial charge < -0.3 is 15.2 Å². The second-order valence-corrected chi connectivity index (χ2v) is 3.58. The fourth-order valence-corrected chi connectivity index (χ4v) is 1.33. The Morgan fingerprint density at radius 2 is 2.06 bits per heavy atom. The number of nitrogens with zero attached hydrogens (tertiary/aromatic N) is 2. The van der Waals surface area contributed by atoms with Gasteiger partial charge in [0.1, 0.15) is 5.75 Å². The van der Waals surface area contributed by atoms with Crippen molar-refractivity contribution in [3.8, 4) is 17.4 Å². The van der Waals surface area contributed by atoms with Crippen LogP contribution < -0.4 is 15.2 Å². The highest BCUT2D eigenvalue weighted by molar-refractivity contribution is 5.56. The van der Waals surface area contributed by atoms with E-state index < -0.39 is 0 Å². The van der Waals surface area contributed by atoms with Crippen LogP contribution in [-0.2, 0) is 0 Å². The summed E-state index contributed by atoms with van der Waals surface area (Å²) in [6.07, 6.45) is 1.65. The highest BCUT2D eigenvalue weighted by Gasteiger charge is 2.05. The summed E-state index contributed by atoms with van der Waals surface area (Å²) in [6.45, 7) is 1.91. The second kappa shape index (κ2) is 4.69. The molecule has 0 spiro atoms. The number of rotatable bonds is 3. The summed E-state index contributed by atoms with van der Waals surface area (Å²) in [5, 5.41) is 7.67. The van der Waals surface area contributed by atoms with E-state index in [0.29, 0.717) is 23.1 Å². The molecule has 0 aliphatic carbocycles. The summed E-state index contributed by atoms with van der Waals surface area (Å²) in [5.74, 6) is 1.59. The fourth-order valence-electron chi connectivity index (χ4n) is 1.33. The molecule has 0 saturated heterocycles. The van der Waals surface area contributed by atoms with Crippen LogP contribution in [0.2, 0.25) is 0 Å². The van der Waals surface area contributed by atoms with Gasteiger partial charge in [-0.25, -0.2) is 0 Å². The van der Waals surface area contributed by atoms with Gasteiger partial charge in [-0.2, -0.15) is 5.10 Å². The van der Waals surface area contributed by atoms with Crippen LogP contribution in [0.25, 0.3) is 0 Å². The zero-order valence-electron chi connectivity index (χ0n) is 9.68. The Balaban J connectivity index is 2.29. The van der Waals surface area contributed by atoms with E-state index in [2.05, 4.69) is 10.2 Å². The highest BCUT2D eigenvalue weighted by Crippen LogP contribution is 2.30. The molecule has 88 valence electrons. The largest absolute Gasteiger partial charge is 0.497 e. The van der Waals surface area contributed by atoms with Crippen LogP contribution in [0.5, 0.6) is 17.4 Å². The number of hydrogen-bond donors (Lipinski definition) is 1. The molecule has 5 heteroatoms. The molecule has 1 aromatic heterocycles. The van der Waals surface area contributed by atoms with E-state index in [1.807, 2.05) is 6.92 Å². The molecule has 17 heavy (non-hydrogen) atoms. The Kier molecular flexibility index (Phi) is 3.09. The standard InChI is InChI=1S/C12H13N3O2/c1-8-5-12(15-14-7-8)17-11-6-9(16-2)3-4-10(11)13/h3-7H,13H2,1-2H3. The van der Waals surface area contributed by atoms with Crippen LogP contribution in [0.15, 0.2) is 30.5 Å². The number of hydrogen-bond acceptors (Lipinski definition) is 5. The van der Waals surface area contributed by atoms with Crippen molar-refractivity contribution >= 4 is 5.69 Å². The minimum Gasteiger partial charge on any atom is -0.497 e. The molecule has 2 aromatic rings. The molecular weight excluding hydrogens is 218 g/mol. The van der Waals surface area contributed by atoms with Crippen molar-refractivity contribution in [3.63, 3.8) is 0 Å². The number of nitrogens with two attached hydrogens (primary N) is 1. The summed E-state index contributed by atoms with van der Waals surface area (Å²) in [6, 6.07) is 6.98. The maximum absolute atomic E-state index is 5.80. The van der Waals surface area contributed by atoms with Crippen LogP contribution in [0, 0.1) is 6.92 Å². The number of aryl methyl sites for hydroxylation is 1. The smallest absolute Gasteiger partial charge is 0.239 e. The minimum absolute atomic E-state index is 0.407. The molecule has 2 N–H and O–H groups in total. The SMILES string of the molecule is COc1ccc(N)c(Oc2cc(C)cnn2)c1. The number of methoxy groups -OCH3 is 1. The van der Waals surface area contributed by atoms with Gasteiger partial charge in [0.25, 0.3) is 0 Å². The van der Waals surface area contributed by atoms with E-state index in [-0.39, 0.29) is 0 Å². The lowest BCUT2D eigenvalue weighted by Gasteiger charge is -2.08. The predicted octanol–water partition coefficient (Wildman–Crippen LogP) is 2.17. The molecular formula is C12H13N3O2. The number of nitrogen functional groups attached to an aromatic ring is 1. The first-order valence-corrected chi connectivity index (χ1v) is 5.10. The molecule has 0 aliphatic heterocycles. The lowest BCUT2D eigenvalue weighted by molar-refractivity contribution is 0.407. The molecule has 2 rings (SSSR count). The van der Waals surface area contributed by atoms with Crippen molar-refractivity contribution in [2.24, 2.45) is 0 Å². The molecule has 0 radical (unpaired) electrons. The van der Waals surface area contributed by atoms with Crippen LogP contribution >= 0.6 is 0 Å². The van der Waals surface area contributed by atoms with Gasteiger partial charge in [-0.15, -0.1) is 5.10 Å². The van der Waals surface area contributed by atoms with Crippen molar-refractivity contribution in [3.05, 3.63) is 36.0 Å². The zero-order valence-corrected chi connectivity index (χ0v) is 9.68. The molecule has 0 amide bonds. The molecule has 0 aliphatic rings. The zero-order chi connectivity index (χ0) is 12.3. The lowest BCUT2D eigenvalue weighted by Crippen LogP contribution is -1.96. The van der Waals surface area contributed by atoms with E-state index in [1.165, 1.54) is 0 Å².